The molecule has 0 aliphatic rings. The Hall–Kier alpha value is -5.27. The first-order valence-electron chi connectivity index (χ1n) is 27.0. The van der Waals surface area contributed by atoms with E-state index in [2.05, 4.69) is 83.7 Å². The number of hydrogen-bond acceptors (Lipinski definition) is 23. The minimum Gasteiger partial charge on any atom is -0.455 e. The summed E-state index contributed by atoms with van der Waals surface area (Å²) >= 11 is 0. The predicted molar refractivity (Wildman–Crippen MR) is 325 cm³/mol. The molecule has 0 atom stereocenters. The summed E-state index contributed by atoms with van der Waals surface area (Å²) in [7, 11) is -1.22. The summed E-state index contributed by atoms with van der Waals surface area (Å²) < 4.78 is 66.1. The molecule has 0 saturated carbocycles. The van der Waals surface area contributed by atoms with E-state index < -0.39 is 16.6 Å². The van der Waals surface area contributed by atoms with Crippen LogP contribution in [0, 0.1) is 0 Å². The monoisotopic (exact) mass is 1160 g/mol. The Morgan fingerprint density at radius 1 is 0.338 bits per heavy atom. The summed E-state index contributed by atoms with van der Waals surface area (Å²) in [5.74, 6) is 2.15. The van der Waals surface area contributed by atoms with Crippen molar-refractivity contribution >= 4 is 52.3 Å². The SMILES string of the molecule is C=CCCCN(CCCC=C)c1nc(N(COC)COCC=C)nc(N(COCC=C)COCCC[Si](C)(C)O[Si](C)(C)CCOCN(COCC=C)c2nc(N(COC)COCC=C)nc(N(COCC=C)COCC=C)n2)n1. The molecule has 80 heavy (non-hydrogen) atoms. The second-order valence-electron chi connectivity index (χ2n) is 19.1. The van der Waals surface area contributed by atoms with Crippen LogP contribution in [0.1, 0.15) is 32.1 Å². The molecule has 0 N–H and O–H groups in total. The Morgan fingerprint density at radius 2 is 0.613 bits per heavy atom. The zero-order valence-electron chi connectivity index (χ0n) is 49.2. The maximum atomic E-state index is 7.05. The van der Waals surface area contributed by atoms with Gasteiger partial charge in [-0.3, -0.25) is 24.5 Å². The third-order valence-corrected chi connectivity index (χ3v) is 18.4. The molecule has 2 aromatic heterocycles. The Morgan fingerprint density at radius 3 is 0.912 bits per heavy atom. The Kier molecular flexibility index (Phi) is 38.5. The Balaban J connectivity index is 2.29. The van der Waals surface area contributed by atoms with Crippen molar-refractivity contribution < 1.29 is 51.5 Å². The molecule has 0 amide bonds. The van der Waals surface area contributed by atoms with E-state index in [0.29, 0.717) is 70.7 Å². The second kappa shape index (κ2) is 43.5. The lowest BCUT2D eigenvalue weighted by molar-refractivity contribution is 0.0935. The normalized spacial score (nSPS) is 11.4. The molecule has 0 saturated heterocycles. The molecule has 0 spiro atoms. The van der Waals surface area contributed by atoms with Crippen molar-refractivity contribution in [3.05, 3.63) is 101 Å². The van der Waals surface area contributed by atoms with Gasteiger partial charge in [-0.25, -0.2) is 0 Å². The van der Waals surface area contributed by atoms with Crippen molar-refractivity contribution in [2.75, 3.05) is 177 Å². The van der Waals surface area contributed by atoms with Gasteiger partial charge in [-0.2, -0.15) is 29.9 Å². The van der Waals surface area contributed by atoms with E-state index in [-0.39, 0.29) is 85.2 Å². The molecular formula is C55H96N12O11Si2. The number of methoxy groups -OCH3 is 2. The van der Waals surface area contributed by atoms with Gasteiger partial charge in [0.25, 0.3) is 0 Å². The first-order chi connectivity index (χ1) is 38.8. The minimum absolute atomic E-state index is 0.0903. The standard InChI is InChI=1S/C55H96N12O11Si2/c1-15-23-25-28-62(29-26-24-16-2)50-56-51(63(40-68-9)42-70-30-17-3)58-53(57-50)66(46-74-34-21-7)48-76-36-27-38-79(11,12)78-80(13,14)39-37-77-49-67(47-75-35-22-8)55-60-52(64(41-69-10)43-71-31-18-4)59-54(61-55)65(44-72-32-19-5)45-73-33-20-6/h15-22H,1-8,23-49H2,9-14H3. The van der Waals surface area contributed by atoms with Crippen LogP contribution in [0.3, 0.4) is 0 Å². The first kappa shape index (κ1) is 70.8. The molecule has 2 rings (SSSR count). The number of nitrogens with zero attached hydrogens (tertiary/aromatic N) is 12. The molecule has 0 aromatic carbocycles. The maximum absolute atomic E-state index is 7.05. The average molecular weight is 1160 g/mol. The van der Waals surface area contributed by atoms with Gasteiger partial charge in [0, 0.05) is 40.5 Å². The predicted octanol–water partition coefficient (Wildman–Crippen LogP) is 8.46. The summed E-state index contributed by atoms with van der Waals surface area (Å²) in [4.78, 5) is 40.5. The van der Waals surface area contributed by atoms with Gasteiger partial charge in [-0.1, -0.05) is 48.6 Å². The van der Waals surface area contributed by atoms with Gasteiger partial charge in [0.05, 0.1) is 39.6 Å². The average Bonchev–Trinajstić information content (AvgIpc) is 3.50. The summed E-state index contributed by atoms with van der Waals surface area (Å²) in [6.45, 7) is 45.1. The molecule has 0 fully saturated rings. The van der Waals surface area contributed by atoms with Gasteiger partial charge < -0.3 is 56.4 Å². The van der Waals surface area contributed by atoms with Crippen LogP contribution < -0.4 is 29.4 Å². The van der Waals surface area contributed by atoms with Crippen LogP contribution in [-0.4, -0.2) is 194 Å². The van der Waals surface area contributed by atoms with Crippen molar-refractivity contribution in [3.8, 4) is 0 Å². The highest BCUT2D eigenvalue weighted by Crippen LogP contribution is 2.26. The molecule has 450 valence electrons. The topological polar surface area (TPSA) is 198 Å². The molecule has 2 aromatic rings. The molecular weight excluding hydrogens is 1060 g/mol. The zero-order chi connectivity index (χ0) is 58.7. The minimum atomic E-state index is -2.24. The van der Waals surface area contributed by atoms with Gasteiger partial charge in [0.1, 0.15) is 67.3 Å². The number of unbranched alkanes of at least 4 members (excludes halogenated alkanes) is 2. The Labute approximate surface area is 480 Å². The second-order valence-corrected chi connectivity index (χ2v) is 28.0. The van der Waals surface area contributed by atoms with Crippen molar-refractivity contribution in [2.24, 2.45) is 0 Å². The largest absolute Gasteiger partial charge is 0.455 e. The van der Waals surface area contributed by atoms with Gasteiger partial charge in [0.15, 0.2) is 16.6 Å². The first-order valence-corrected chi connectivity index (χ1v) is 33.2. The smallest absolute Gasteiger partial charge is 0.235 e. The van der Waals surface area contributed by atoms with E-state index in [9.17, 15) is 0 Å². The third-order valence-electron chi connectivity index (χ3n) is 11.0. The van der Waals surface area contributed by atoms with E-state index in [4.69, 9.17) is 81.4 Å². The summed E-state index contributed by atoms with van der Waals surface area (Å²) in [6, 6.07) is 1.62. The molecule has 25 heteroatoms. The third kappa shape index (κ3) is 30.0. The summed E-state index contributed by atoms with van der Waals surface area (Å²) in [5.41, 5.74) is 0. The number of allylic oxidation sites excluding steroid dienone is 2. The quantitative estimate of drug-likeness (QED) is 0.0264. The van der Waals surface area contributed by atoms with Gasteiger partial charge >= 0.3 is 0 Å². The van der Waals surface area contributed by atoms with Crippen molar-refractivity contribution in [3.63, 3.8) is 0 Å². The van der Waals surface area contributed by atoms with Crippen LogP contribution in [0.4, 0.5) is 35.7 Å². The van der Waals surface area contributed by atoms with Crippen LogP contribution in [0.25, 0.3) is 0 Å². The van der Waals surface area contributed by atoms with E-state index in [1.165, 1.54) is 0 Å². The van der Waals surface area contributed by atoms with Crippen LogP contribution in [-0.2, 0) is 51.5 Å². The highest BCUT2D eigenvalue weighted by atomic mass is 28.4. The van der Waals surface area contributed by atoms with E-state index in [0.717, 1.165) is 57.3 Å². The van der Waals surface area contributed by atoms with Crippen LogP contribution in [0.15, 0.2) is 101 Å². The van der Waals surface area contributed by atoms with Crippen LogP contribution >= 0.6 is 0 Å². The molecule has 0 bridgehead atoms. The van der Waals surface area contributed by atoms with E-state index in [1.54, 1.807) is 70.3 Å². The van der Waals surface area contributed by atoms with Gasteiger partial charge in [-0.05, 0) is 70.4 Å². The van der Waals surface area contributed by atoms with E-state index in [1.807, 2.05) is 17.1 Å². The number of aromatic nitrogens is 6. The molecule has 0 aliphatic carbocycles. The van der Waals surface area contributed by atoms with Gasteiger partial charge in [0.2, 0.25) is 35.7 Å². The maximum Gasteiger partial charge on any atom is 0.235 e. The lowest BCUT2D eigenvalue weighted by Gasteiger charge is -2.34. The molecule has 23 nitrogen and oxygen atoms in total. The molecule has 0 radical (unpaired) electrons. The fraction of sp³-hybridized carbons (Fsp3) is 0.600. The van der Waals surface area contributed by atoms with Gasteiger partial charge in [-0.15, -0.1) is 52.6 Å². The van der Waals surface area contributed by atoms with Crippen LogP contribution in [0.2, 0.25) is 38.3 Å². The Bertz CT molecular complexity index is 2040. The highest BCUT2D eigenvalue weighted by Gasteiger charge is 2.33. The molecule has 2 heterocycles. The van der Waals surface area contributed by atoms with Crippen LogP contribution in [0.5, 0.6) is 0 Å². The number of ether oxygens (including phenoxy) is 10. The van der Waals surface area contributed by atoms with E-state index >= 15 is 0 Å². The zero-order valence-corrected chi connectivity index (χ0v) is 51.2. The van der Waals surface area contributed by atoms with Crippen molar-refractivity contribution in [2.45, 2.75) is 70.4 Å². The highest BCUT2D eigenvalue weighted by molar-refractivity contribution is 6.84. The number of rotatable bonds is 55. The molecule has 0 aliphatic heterocycles. The number of anilines is 6. The fourth-order valence-corrected chi connectivity index (χ4v) is 15.8. The molecule has 0 unspecified atom stereocenters. The summed E-state index contributed by atoms with van der Waals surface area (Å²) in [5, 5.41) is 0. The number of hydrogen-bond donors (Lipinski definition) is 0. The lowest BCUT2D eigenvalue weighted by atomic mass is 10.2. The van der Waals surface area contributed by atoms with Crippen molar-refractivity contribution in [1.82, 2.24) is 29.9 Å². The van der Waals surface area contributed by atoms with Crippen molar-refractivity contribution in [1.29, 1.82) is 0 Å². The lowest BCUT2D eigenvalue weighted by Crippen LogP contribution is -2.45. The fourth-order valence-electron chi connectivity index (χ4n) is 7.37. The summed E-state index contributed by atoms with van der Waals surface area (Å²) in [6.07, 6.45) is 18.1.